The summed E-state index contributed by atoms with van der Waals surface area (Å²) in [5.74, 6) is -0.673. The van der Waals surface area contributed by atoms with Gasteiger partial charge in [-0.1, -0.05) is 54.7 Å². The van der Waals surface area contributed by atoms with Crippen LogP contribution < -0.4 is 4.90 Å². The predicted octanol–water partition coefficient (Wildman–Crippen LogP) is 4.40. The number of esters is 1. The second-order valence-corrected chi connectivity index (χ2v) is 7.34. The molecule has 140 valence electrons. The van der Waals surface area contributed by atoms with Crippen LogP contribution in [0.25, 0.3) is 10.2 Å². The third-order valence-electron chi connectivity index (χ3n) is 4.43. The highest BCUT2D eigenvalue weighted by atomic mass is 32.1. The summed E-state index contributed by atoms with van der Waals surface area (Å²) in [7, 11) is 0. The Bertz CT molecular complexity index is 966. The Labute approximate surface area is 162 Å². The predicted molar refractivity (Wildman–Crippen MR) is 108 cm³/mol. The normalized spacial score (nSPS) is 10.8. The average molecular weight is 382 g/mol. The van der Waals surface area contributed by atoms with E-state index >= 15 is 0 Å². The number of benzene rings is 2. The van der Waals surface area contributed by atoms with Crippen LogP contribution in [0.4, 0.5) is 5.13 Å². The molecule has 0 aliphatic carbocycles. The molecule has 0 atom stereocenters. The fraction of sp³-hybridized carbons (Fsp3) is 0.286. The fourth-order valence-electron chi connectivity index (χ4n) is 2.68. The van der Waals surface area contributed by atoms with Crippen molar-refractivity contribution >= 4 is 38.6 Å². The van der Waals surface area contributed by atoms with Crippen molar-refractivity contribution in [2.75, 3.05) is 11.5 Å². The summed E-state index contributed by atoms with van der Waals surface area (Å²) in [5.41, 5.74) is 4.17. The maximum atomic E-state index is 12.8. The summed E-state index contributed by atoms with van der Waals surface area (Å²) >= 11 is 1.47. The molecule has 0 fully saturated rings. The third kappa shape index (κ3) is 4.34. The first-order valence-electron chi connectivity index (χ1n) is 8.86. The lowest BCUT2D eigenvalue weighted by Crippen LogP contribution is -2.34. The van der Waals surface area contributed by atoms with Crippen LogP contribution in [0, 0.1) is 13.8 Å². The molecule has 0 aliphatic rings. The molecule has 0 N–H and O–H groups in total. The van der Waals surface area contributed by atoms with Crippen LogP contribution in [0.15, 0.2) is 42.5 Å². The minimum absolute atomic E-state index is 0.242. The number of amides is 1. The Balaban J connectivity index is 1.94. The topological polar surface area (TPSA) is 59.5 Å². The van der Waals surface area contributed by atoms with Crippen molar-refractivity contribution in [2.24, 2.45) is 0 Å². The largest absolute Gasteiger partial charge is 0.456 e. The van der Waals surface area contributed by atoms with E-state index in [-0.39, 0.29) is 18.9 Å². The van der Waals surface area contributed by atoms with Crippen molar-refractivity contribution in [1.82, 2.24) is 4.98 Å². The number of ether oxygens (including phenoxy) is 1. The zero-order chi connectivity index (χ0) is 19.4. The smallest absolute Gasteiger partial charge is 0.306 e. The molecule has 1 aromatic heterocycles. The molecule has 6 heteroatoms. The van der Waals surface area contributed by atoms with Crippen LogP contribution in [0.3, 0.4) is 0 Å². The van der Waals surface area contributed by atoms with E-state index in [1.165, 1.54) is 11.3 Å². The number of nitrogens with zero attached hydrogens (tertiary/aromatic N) is 2. The molecule has 5 nitrogen and oxygen atoms in total. The molecule has 3 rings (SSSR count). The number of anilines is 1. The van der Waals surface area contributed by atoms with Crippen molar-refractivity contribution in [2.45, 2.75) is 33.7 Å². The number of hydrogen-bond donors (Lipinski definition) is 0. The first-order valence-corrected chi connectivity index (χ1v) is 9.68. The molecule has 0 bridgehead atoms. The number of thiazole rings is 1. The van der Waals surface area contributed by atoms with Gasteiger partial charge in [0.2, 0.25) is 0 Å². The Hall–Kier alpha value is -2.73. The fourth-order valence-corrected chi connectivity index (χ4v) is 3.72. The van der Waals surface area contributed by atoms with E-state index in [2.05, 4.69) is 6.07 Å². The van der Waals surface area contributed by atoms with Crippen molar-refractivity contribution in [3.8, 4) is 0 Å². The van der Waals surface area contributed by atoms with Gasteiger partial charge >= 0.3 is 5.97 Å². The van der Waals surface area contributed by atoms with Crippen molar-refractivity contribution in [1.29, 1.82) is 0 Å². The number of aromatic nitrogens is 1. The highest BCUT2D eigenvalue weighted by molar-refractivity contribution is 7.22. The Morgan fingerprint density at radius 2 is 1.85 bits per heavy atom. The molecular formula is C21H22N2O3S. The van der Waals surface area contributed by atoms with Crippen LogP contribution in [-0.2, 0) is 20.9 Å². The summed E-state index contributed by atoms with van der Waals surface area (Å²) in [6, 6.07) is 13.8. The standard InChI is InChI=1S/C21H22N2O3S/c1-4-19(25)26-13-18(24)23(12-16-8-6-5-7-9-16)21-22-20-15(3)14(2)10-11-17(20)27-21/h5-11H,4,12-13H2,1-3H3. The van der Waals surface area contributed by atoms with Crippen LogP contribution in [0.1, 0.15) is 30.0 Å². The van der Waals surface area contributed by atoms with E-state index in [0.717, 1.165) is 26.9 Å². The summed E-state index contributed by atoms with van der Waals surface area (Å²) in [5, 5.41) is 0.611. The second kappa shape index (κ2) is 8.31. The first-order chi connectivity index (χ1) is 13.0. The van der Waals surface area contributed by atoms with Gasteiger partial charge in [-0.3, -0.25) is 14.5 Å². The second-order valence-electron chi connectivity index (χ2n) is 6.33. The highest BCUT2D eigenvalue weighted by Gasteiger charge is 2.22. The maximum Gasteiger partial charge on any atom is 0.306 e. The number of fused-ring (bicyclic) bond motifs is 1. The van der Waals surface area contributed by atoms with E-state index in [1.54, 1.807) is 11.8 Å². The highest BCUT2D eigenvalue weighted by Crippen LogP contribution is 2.32. The molecule has 0 saturated carbocycles. The summed E-state index contributed by atoms with van der Waals surface area (Å²) in [6.45, 7) is 5.88. The number of carbonyl (C=O) groups is 2. The van der Waals surface area contributed by atoms with E-state index in [4.69, 9.17) is 9.72 Å². The molecule has 0 saturated heterocycles. The van der Waals surface area contributed by atoms with Gasteiger partial charge in [0.15, 0.2) is 11.7 Å². The number of carbonyl (C=O) groups excluding carboxylic acids is 2. The summed E-state index contributed by atoms with van der Waals surface area (Å²) < 4.78 is 6.09. The zero-order valence-corrected chi connectivity index (χ0v) is 16.5. The van der Waals surface area contributed by atoms with Gasteiger partial charge < -0.3 is 4.74 Å². The van der Waals surface area contributed by atoms with E-state index in [1.807, 2.05) is 50.2 Å². The first kappa shape index (κ1) is 19.0. The molecule has 0 spiro atoms. The number of aryl methyl sites for hydroxylation is 2. The molecule has 3 aromatic rings. The third-order valence-corrected chi connectivity index (χ3v) is 5.48. The lowest BCUT2D eigenvalue weighted by Gasteiger charge is -2.20. The molecule has 0 aliphatic heterocycles. The van der Waals surface area contributed by atoms with Crippen molar-refractivity contribution in [3.05, 3.63) is 59.2 Å². The zero-order valence-electron chi connectivity index (χ0n) is 15.7. The minimum Gasteiger partial charge on any atom is -0.456 e. The van der Waals surface area contributed by atoms with Gasteiger partial charge in [0.1, 0.15) is 0 Å². The lowest BCUT2D eigenvalue weighted by molar-refractivity contribution is -0.147. The summed E-state index contributed by atoms with van der Waals surface area (Å²) in [4.78, 5) is 30.6. The minimum atomic E-state index is -0.390. The SMILES string of the molecule is CCC(=O)OCC(=O)N(Cc1ccccc1)c1nc2c(C)c(C)ccc2s1. The van der Waals surface area contributed by atoms with Crippen LogP contribution in [0.2, 0.25) is 0 Å². The van der Waals surface area contributed by atoms with Gasteiger partial charge in [-0.05, 0) is 36.6 Å². The lowest BCUT2D eigenvalue weighted by atomic mass is 10.1. The molecule has 27 heavy (non-hydrogen) atoms. The Morgan fingerprint density at radius 1 is 1.11 bits per heavy atom. The number of hydrogen-bond acceptors (Lipinski definition) is 5. The van der Waals surface area contributed by atoms with Crippen LogP contribution >= 0.6 is 11.3 Å². The van der Waals surface area contributed by atoms with Crippen molar-refractivity contribution in [3.63, 3.8) is 0 Å². The van der Waals surface area contributed by atoms with Crippen molar-refractivity contribution < 1.29 is 14.3 Å². The Morgan fingerprint density at radius 3 is 2.56 bits per heavy atom. The molecule has 2 aromatic carbocycles. The quantitative estimate of drug-likeness (QED) is 0.593. The number of rotatable bonds is 6. The monoisotopic (exact) mass is 382 g/mol. The molecule has 0 unspecified atom stereocenters. The van der Waals surface area contributed by atoms with E-state index in [0.29, 0.717) is 11.7 Å². The van der Waals surface area contributed by atoms with E-state index in [9.17, 15) is 9.59 Å². The maximum absolute atomic E-state index is 12.8. The molecule has 1 heterocycles. The van der Waals surface area contributed by atoms with Gasteiger partial charge in [-0.15, -0.1) is 0 Å². The van der Waals surface area contributed by atoms with Gasteiger partial charge in [-0.25, -0.2) is 4.98 Å². The van der Waals surface area contributed by atoms with Gasteiger partial charge in [-0.2, -0.15) is 0 Å². The molecular weight excluding hydrogens is 360 g/mol. The van der Waals surface area contributed by atoms with Crippen LogP contribution in [0.5, 0.6) is 0 Å². The summed E-state index contributed by atoms with van der Waals surface area (Å²) in [6.07, 6.45) is 0.242. The van der Waals surface area contributed by atoms with Crippen LogP contribution in [-0.4, -0.2) is 23.5 Å². The van der Waals surface area contributed by atoms with Gasteiger partial charge in [0, 0.05) is 6.42 Å². The van der Waals surface area contributed by atoms with E-state index < -0.39 is 5.97 Å². The molecule has 0 radical (unpaired) electrons. The average Bonchev–Trinajstić information content (AvgIpc) is 3.12. The Kier molecular flexibility index (Phi) is 5.86. The van der Waals surface area contributed by atoms with Gasteiger partial charge in [0.05, 0.1) is 16.8 Å². The van der Waals surface area contributed by atoms with Gasteiger partial charge in [0.25, 0.3) is 5.91 Å². The molecule has 1 amide bonds.